The van der Waals surface area contributed by atoms with Crippen molar-refractivity contribution in [3.8, 4) is 0 Å². The highest BCUT2D eigenvalue weighted by Gasteiger charge is 2.31. The number of pyridine rings is 1. The number of hydrogen-bond acceptors (Lipinski definition) is 4. The van der Waals surface area contributed by atoms with Crippen LogP contribution in [0.4, 0.5) is 0 Å². The predicted octanol–water partition coefficient (Wildman–Crippen LogP) is 0.972. The summed E-state index contributed by atoms with van der Waals surface area (Å²) in [5.74, 6) is 0. The summed E-state index contributed by atoms with van der Waals surface area (Å²) in [5.41, 5.74) is 2.37. The molecule has 0 radical (unpaired) electrons. The normalized spacial score (nSPS) is 25.4. The summed E-state index contributed by atoms with van der Waals surface area (Å²) < 4.78 is 5.37. The molecule has 0 amide bonds. The van der Waals surface area contributed by atoms with Crippen LogP contribution in [0.2, 0.25) is 0 Å². The van der Waals surface area contributed by atoms with Gasteiger partial charge < -0.3 is 9.84 Å². The first-order valence-corrected chi connectivity index (χ1v) is 6.01. The molecule has 0 saturated carbocycles. The largest absolute Gasteiger partial charge is 0.395 e. The van der Waals surface area contributed by atoms with Gasteiger partial charge in [0.15, 0.2) is 0 Å². The Hall–Kier alpha value is -0.970. The Morgan fingerprint density at radius 2 is 2.35 bits per heavy atom. The minimum Gasteiger partial charge on any atom is -0.395 e. The first-order chi connectivity index (χ1) is 8.22. The molecule has 1 aliphatic rings. The van der Waals surface area contributed by atoms with Gasteiger partial charge in [0.2, 0.25) is 0 Å². The number of methoxy groups -OCH3 is 1. The molecule has 1 fully saturated rings. The Kier molecular flexibility index (Phi) is 4.10. The van der Waals surface area contributed by atoms with Crippen molar-refractivity contribution in [1.82, 2.24) is 9.88 Å². The van der Waals surface area contributed by atoms with Crippen molar-refractivity contribution < 1.29 is 9.84 Å². The first kappa shape index (κ1) is 12.5. The van der Waals surface area contributed by atoms with Crippen LogP contribution in [0.1, 0.15) is 17.5 Å². The molecule has 0 aromatic carbocycles. The third kappa shape index (κ3) is 3.03. The lowest BCUT2D eigenvalue weighted by Crippen LogP contribution is -2.32. The maximum absolute atomic E-state index is 9.37. The number of aromatic nitrogens is 1. The molecule has 2 heterocycles. The van der Waals surface area contributed by atoms with E-state index in [1.807, 2.05) is 19.3 Å². The van der Waals surface area contributed by atoms with Crippen LogP contribution in [0.5, 0.6) is 0 Å². The van der Waals surface area contributed by atoms with Crippen LogP contribution in [0.25, 0.3) is 0 Å². The molecule has 1 saturated heterocycles. The SMILES string of the molecule is CO[C@@H]1C[C@@H](CO)N(Cc2cncc(C)c2)C1. The molecule has 4 nitrogen and oxygen atoms in total. The molecule has 94 valence electrons. The maximum atomic E-state index is 9.37. The van der Waals surface area contributed by atoms with Gasteiger partial charge >= 0.3 is 0 Å². The minimum absolute atomic E-state index is 0.194. The molecule has 0 spiro atoms. The van der Waals surface area contributed by atoms with E-state index in [2.05, 4.69) is 16.0 Å². The molecule has 1 aromatic heterocycles. The highest BCUT2D eigenvalue weighted by Crippen LogP contribution is 2.21. The summed E-state index contributed by atoms with van der Waals surface area (Å²) in [6, 6.07) is 2.35. The smallest absolute Gasteiger partial charge is 0.0714 e. The summed E-state index contributed by atoms with van der Waals surface area (Å²) in [7, 11) is 1.73. The molecule has 0 unspecified atom stereocenters. The summed E-state index contributed by atoms with van der Waals surface area (Å²) in [4.78, 5) is 6.46. The van der Waals surface area contributed by atoms with Gasteiger partial charge in [-0.1, -0.05) is 6.07 Å². The summed E-state index contributed by atoms with van der Waals surface area (Å²) in [6.45, 7) is 3.95. The Bertz CT molecular complexity index is 370. The fraction of sp³-hybridized carbons (Fsp3) is 0.615. The lowest BCUT2D eigenvalue weighted by Gasteiger charge is -2.22. The number of aliphatic hydroxyl groups excluding tert-OH is 1. The second kappa shape index (κ2) is 5.58. The van der Waals surface area contributed by atoms with Crippen molar-refractivity contribution >= 4 is 0 Å². The highest BCUT2D eigenvalue weighted by atomic mass is 16.5. The molecule has 0 bridgehead atoms. The van der Waals surface area contributed by atoms with E-state index in [-0.39, 0.29) is 18.8 Å². The minimum atomic E-state index is 0.194. The fourth-order valence-corrected chi connectivity index (χ4v) is 2.43. The third-order valence-corrected chi connectivity index (χ3v) is 3.35. The monoisotopic (exact) mass is 236 g/mol. The van der Waals surface area contributed by atoms with Crippen molar-refractivity contribution in [3.05, 3.63) is 29.6 Å². The van der Waals surface area contributed by atoms with Crippen molar-refractivity contribution in [2.45, 2.75) is 32.0 Å². The number of ether oxygens (including phenoxy) is 1. The number of aryl methyl sites for hydroxylation is 1. The maximum Gasteiger partial charge on any atom is 0.0714 e. The van der Waals surface area contributed by atoms with E-state index in [9.17, 15) is 5.11 Å². The van der Waals surface area contributed by atoms with Crippen LogP contribution in [-0.4, -0.2) is 47.4 Å². The molecule has 2 atom stereocenters. The van der Waals surface area contributed by atoms with E-state index >= 15 is 0 Å². The van der Waals surface area contributed by atoms with E-state index in [1.165, 1.54) is 11.1 Å². The van der Waals surface area contributed by atoms with Crippen LogP contribution in [0.15, 0.2) is 18.5 Å². The van der Waals surface area contributed by atoms with Crippen LogP contribution in [-0.2, 0) is 11.3 Å². The number of nitrogens with zero attached hydrogens (tertiary/aromatic N) is 2. The summed E-state index contributed by atoms with van der Waals surface area (Å²) in [5, 5.41) is 9.37. The fourth-order valence-electron chi connectivity index (χ4n) is 2.43. The van der Waals surface area contributed by atoms with Crippen molar-refractivity contribution in [2.75, 3.05) is 20.3 Å². The highest BCUT2D eigenvalue weighted by molar-refractivity contribution is 5.16. The molecule has 2 rings (SSSR count). The van der Waals surface area contributed by atoms with Gasteiger partial charge in [-0.25, -0.2) is 0 Å². The number of hydrogen-bond donors (Lipinski definition) is 1. The third-order valence-electron chi connectivity index (χ3n) is 3.35. The van der Waals surface area contributed by atoms with E-state index in [0.717, 1.165) is 19.5 Å². The van der Waals surface area contributed by atoms with Gasteiger partial charge in [-0.3, -0.25) is 9.88 Å². The van der Waals surface area contributed by atoms with E-state index < -0.39 is 0 Å². The second-order valence-corrected chi connectivity index (χ2v) is 4.73. The number of likely N-dealkylation sites (tertiary alicyclic amines) is 1. The number of rotatable bonds is 4. The van der Waals surface area contributed by atoms with Gasteiger partial charge in [-0.15, -0.1) is 0 Å². The van der Waals surface area contributed by atoms with Gasteiger partial charge in [0.05, 0.1) is 12.7 Å². The Balaban J connectivity index is 2.02. The van der Waals surface area contributed by atoms with Crippen LogP contribution < -0.4 is 0 Å². The van der Waals surface area contributed by atoms with Gasteiger partial charge in [0.1, 0.15) is 0 Å². The average molecular weight is 236 g/mol. The van der Waals surface area contributed by atoms with Gasteiger partial charge in [-0.2, -0.15) is 0 Å². The molecule has 1 aromatic rings. The van der Waals surface area contributed by atoms with Crippen LogP contribution >= 0.6 is 0 Å². The van der Waals surface area contributed by atoms with E-state index in [4.69, 9.17) is 4.74 Å². The van der Waals surface area contributed by atoms with Gasteiger partial charge in [0, 0.05) is 38.6 Å². The molecule has 4 heteroatoms. The van der Waals surface area contributed by atoms with Gasteiger partial charge in [0.25, 0.3) is 0 Å². The lowest BCUT2D eigenvalue weighted by molar-refractivity contribution is 0.107. The molecule has 0 aliphatic carbocycles. The zero-order chi connectivity index (χ0) is 12.3. The van der Waals surface area contributed by atoms with E-state index in [1.54, 1.807) is 7.11 Å². The summed E-state index contributed by atoms with van der Waals surface area (Å²) in [6.07, 6.45) is 4.90. The topological polar surface area (TPSA) is 45.6 Å². The van der Waals surface area contributed by atoms with Crippen LogP contribution in [0, 0.1) is 6.92 Å². The van der Waals surface area contributed by atoms with Crippen LogP contribution in [0.3, 0.4) is 0 Å². The molecule has 1 aliphatic heterocycles. The molecular weight excluding hydrogens is 216 g/mol. The van der Waals surface area contributed by atoms with Crippen molar-refractivity contribution in [2.24, 2.45) is 0 Å². The standard InChI is InChI=1S/C13H20N2O2/c1-10-3-11(6-14-5-10)7-15-8-13(17-2)4-12(15)9-16/h3,5-6,12-13,16H,4,7-9H2,1-2H3/t12-,13+/m0/s1. The lowest BCUT2D eigenvalue weighted by atomic mass is 10.2. The average Bonchev–Trinajstić information content (AvgIpc) is 2.71. The molecule has 17 heavy (non-hydrogen) atoms. The predicted molar refractivity (Wildman–Crippen MR) is 65.7 cm³/mol. The van der Waals surface area contributed by atoms with Crippen molar-refractivity contribution in [1.29, 1.82) is 0 Å². The Morgan fingerprint density at radius 3 is 3.00 bits per heavy atom. The Labute approximate surface area is 102 Å². The second-order valence-electron chi connectivity index (χ2n) is 4.73. The first-order valence-electron chi connectivity index (χ1n) is 6.01. The molecular formula is C13H20N2O2. The zero-order valence-corrected chi connectivity index (χ0v) is 10.5. The number of aliphatic hydroxyl groups is 1. The quantitative estimate of drug-likeness (QED) is 0.846. The summed E-state index contributed by atoms with van der Waals surface area (Å²) >= 11 is 0. The van der Waals surface area contributed by atoms with Gasteiger partial charge in [-0.05, 0) is 24.5 Å². The van der Waals surface area contributed by atoms with E-state index in [0.29, 0.717) is 0 Å². The zero-order valence-electron chi connectivity index (χ0n) is 10.5. The Morgan fingerprint density at radius 1 is 1.53 bits per heavy atom. The molecule has 1 N–H and O–H groups in total. The van der Waals surface area contributed by atoms with Crippen molar-refractivity contribution in [3.63, 3.8) is 0 Å².